The zero-order valence-corrected chi connectivity index (χ0v) is 23.5. The maximum atomic E-state index is 10.9. The molecule has 21 nitrogen and oxygen atoms in total. The molecular weight excluding hydrogens is 624 g/mol. The maximum absolute atomic E-state index is 10.9. The van der Waals surface area contributed by atoms with Crippen LogP contribution >= 0.6 is 0 Å². The number of ether oxygens (including phenoxy) is 7. The van der Waals surface area contributed by atoms with Gasteiger partial charge in [-0.05, 0) is 0 Å². The lowest BCUT2D eigenvalue weighted by Gasteiger charge is -2.48. The van der Waals surface area contributed by atoms with E-state index in [2.05, 4.69) is 0 Å². The Bertz CT molecular complexity index is 927. The number of aliphatic hydroxyl groups is 14. The predicted octanol–water partition coefficient (Wildman–Crippen LogP) is -9.75. The quantitative estimate of drug-likeness (QED) is 0.0973. The smallest absolute Gasteiger partial charge is 0.219 e. The fraction of sp³-hybridized carbons (Fsp3) is 1.00. The van der Waals surface area contributed by atoms with Gasteiger partial charge in [-0.2, -0.15) is 0 Å². The first-order valence-corrected chi connectivity index (χ1v) is 14.1. The fourth-order valence-electron chi connectivity index (χ4n) is 5.60. The standard InChI is InChI=1S/C24H42O21/c25-1-6-10(30)11(31)14(34)21(39-6)42-17-7(2-26)40-22(15(35)12(17)32)43-18-8(3-27)41-23(16(36)13(18)33)44-19-9(4-28)45-24(38,5-29)20(19)37/h6-23,25-38H,1-5H2/t6-,7-,8-,9-,10-,11+,12-,13-,14-,15-,16-,17-,18-,19-,20+,21+,22+,23+,24-/m1/s1. The van der Waals surface area contributed by atoms with Gasteiger partial charge in [-0.25, -0.2) is 0 Å². The summed E-state index contributed by atoms with van der Waals surface area (Å²) in [7, 11) is 0. The minimum atomic E-state index is -2.53. The second-order valence-electron chi connectivity index (χ2n) is 11.2. The van der Waals surface area contributed by atoms with E-state index in [-0.39, 0.29) is 0 Å². The van der Waals surface area contributed by atoms with Crippen LogP contribution in [0.1, 0.15) is 0 Å². The van der Waals surface area contributed by atoms with Crippen molar-refractivity contribution in [2.45, 2.75) is 116 Å². The van der Waals surface area contributed by atoms with Crippen LogP contribution in [0.2, 0.25) is 0 Å². The van der Waals surface area contributed by atoms with Crippen LogP contribution in [0.15, 0.2) is 0 Å². The van der Waals surface area contributed by atoms with Gasteiger partial charge in [0.25, 0.3) is 0 Å². The molecule has 19 atom stereocenters. The van der Waals surface area contributed by atoms with Crippen LogP contribution < -0.4 is 0 Å². The van der Waals surface area contributed by atoms with E-state index in [4.69, 9.17) is 33.2 Å². The highest BCUT2D eigenvalue weighted by molar-refractivity contribution is 4.99. The van der Waals surface area contributed by atoms with Crippen LogP contribution in [0.3, 0.4) is 0 Å². The summed E-state index contributed by atoms with van der Waals surface area (Å²) in [5.41, 5.74) is 0. The monoisotopic (exact) mass is 666 g/mol. The molecule has 0 aromatic carbocycles. The summed E-state index contributed by atoms with van der Waals surface area (Å²) >= 11 is 0. The molecule has 0 amide bonds. The Labute approximate surface area is 254 Å². The normalized spacial score (nSPS) is 52.7. The third kappa shape index (κ3) is 7.15. The largest absolute Gasteiger partial charge is 0.394 e. The molecule has 45 heavy (non-hydrogen) atoms. The van der Waals surface area contributed by atoms with E-state index in [0.29, 0.717) is 0 Å². The van der Waals surface area contributed by atoms with Crippen molar-refractivity contribution in [3.05, 3.63) is 0 Å². The van der Waals surface area contributed by atoms with E-state index < -0.39 is 149 Å². The summed E-state index contributed by atoms with van der Waals surface area (Å²) < 4.78 is 37.7. The van der Waals surface area contributed by atoms with Crippen molar-refractivity contribution in [3.63, 3.8) is 0 Å². The summed E-state index contributed by atoms with van der Waals surface area (Å²) in [5.74, 6) is -2.53. The molecule has 4 saturated heterocycles. The summed E-state index contributed by atoms with van der Waals surface area (Å²) in [6.45, 7) is -4.48. The van der Waals surface area contributed by atoms with E-state index in [9.17, 15) is 71.5 Å². The molecule has 21 heteroatoms. The molecule has 4 fully saturated rings. The number of rotatable bonds is 11. The van der Waals surface area contributed by atoms with E-state index in [1.807, 2.05) is 0 Å². The highest BCUT2D eigenvalue weighted by atomic mass is 16.8. The molecule has 0 spiro atoms. The van der Waals surface area contributed by atoms with Crippen molar-refractivity contribution < 1.29 is 105 Å². The van der Waals surface area contributed by atoms with Gasteiger partial charge in [0.1, 0.15) is 91.6 Å². The Morgan fingerprint density at radius 2 is 0.822 bits per heavy atom. The van der Waals surface area contributed by atoms with E-state index in [0.717, 1.165) is 0 Å². The molecule has 0 aromatic rings. The van der Waals surface area contributed by atoms with Crippen LogP contribution in [0.5, 0.6) is 0 Å². The Hall–Kier alpha value is -0.840. The van der Waals surface area contributed by atoms with Crippen molar-refractivity contribution in [3.8, 4) is 0 Å². The molecule has 0 bridgehead atoms. The first-order chi connectivity index (χ1) is 21.3. The molecule has 0 saturated carbocycles. The predicted molar refractivity (Wildman–Crippen MR) is 134 cm³/mol. The van der Waals surface area contributed by atoms with Gasteiger partial charge in [0.15, 0.2) is 18.9 Å². The molecular formula is C24H42O21. The molecule has 4 aliphatic heterocycles. The Morgan fingerprint density at radius 3 is 1.22 bits per heavy atom. The third-order valence-electron chi connectivity index (χ3n) is 8.27. The van der Waals surface area contributed by atoms with Crippen LogP contribution in [-0.4, -0.2) is 221 Å². The first-order valence-electron chi connectivity index (χ1n) is 14.1. The maximum Gasteiger partial charge on any atom is 0.219 e. The van der Waals surface area contributed by atoms with Crippen LogP contribution in [0.4, 0.5) is 0 Å². The van der Waals surface area contributed by atoms with E-state index in [1.165, 1.54) is 0 Å². The molecule has 4 aliphatic rings. The second kappa shape index (κ2) is 15.1. The number of hydrogen-bond acceptors (Lipinski definition) is 21. The zero-order chi connectivity index (χ0) is 33.4. The topological polar surface area (TPSA) is 348 Å². The van der Waals surface area contributed by atoms with Gasteiger partial charge in [0, 0.05) is 0 Å². The lowest BCUT2D eigenvalue weighted by molar-refractivity contribution is -0.381. The van der Waals surface area contributed by atoms with Crippen molar-refractivity contribution >= 4 is 0 Å². The number of hydrogen-bond donors (Lipinski definition) is 14. The minimum Gasteiger partial charge on any atom is -0.394 e. The van der Waals surface area contributed by atoms with Crippen LogP contribution in [0.25, 0.3) is 0 Å². The SMILES string of the molecule is OC[C@H]1O[C@@H](O[C@H]2[C@H](O)[C@@H](O)[C@H](O[C@H]3[C@H](O)[C@@H](O)[C@H](O[C@@H]4[C@@H](CO)O[C@](O)(CO)[C@H]4O)O[C@@H]3CO)O[C@@H]2CO)[C@H](O)[C@@H](O)[C@@H]1O. The van der Waals surface area contributed by atoms with Gasteiger partial charge in [-0.15, -0.1) is 0 Å². The fourth-order valence-corrected chi connectivity index (χ4v) is 5.60. The Balaban J connectivity index is 1.43. The Morgan fingerprint density at radius 1 is 0.444 bits per heavy atom. The zero-order valence-electron chi connectivity index (χ0n) is 23.5. The van der Waals surface area contributed by atoms with Gasteiger partial charge < -0.3 is 105 Å². The number of aliphatic hydroxyl groups excluding tert-OH is 13. The lowest BCUT2D eigenvalue weighted by atomic mass is 9.96. The Kier molecular flexibility index (Phi) is 12.5. The van der Waals surface area contributed by atoms with Crippen molar-refractivity contribution in [1.82, 2.24) is 0 Å². The average Bonchev–Trinajstić information content (AvgIpc) is 3.28. The molecule has 4 rings (SSSR count). The van der Waals surface area contributed by atoms with Gasteiger partial charge in [0.05, 0.1) is 33.0 Å². The van der Waals surface area contributed by atoms with Crippen LogP contribution in [-0.2, 0) is 33.2 Å². The molecule has 4 heterocycles. The molecule has 0 aliphatic carbocycles. The van der Waals surface area contributed by atoms with Crippen molar-refractivity contribution in [1.29, 1.82) is 0 Å². The van der Waals surface area contributed by atoms with Crippen LogP contribution in [0, 0.1) is 0 Å². The van der Waals surface area contributed by atoms with Gasteiger partial charge in [-0.1, -0.05) is 0 Å². The highest BCUT2D eigenvalue weighted by Crippen LogP contribution is 2.36. The summed E-state index contributed by atoms with van der Waals surface area (Å²) in [4.78, 5) is 0. The molecule has 264 valence electrons. The third-order valence-corrected chi connectivity index (χ3v) is 8.27. The molecule has 0 unspecified atom stereocenters. The summed E-state index contributed by atoms with van der Waals surface area (Å²) in [6, 6.07) is 0. The first kappa shape index (κ1) is 37.0. The van der Waals surface area contributed by atoms with Crippen molar-refractivity contribution in [2.75, 3.05) is 33.0 Å². The lowest BCUT2D eigenvalue weighted by Crippen LogP contribution is -2.67. The van der Waals surface area contributed by atoms with E-state index in [1.54, 1.807) is 0 Å². The molecule has 0 aromatic heterocycles. The van der Waals surface area contributed by atoms with Gasteiger partial charge in [-0.3, -0.25) is 0 Å². The van der Waals surface area contributed by atoms with Crippen molar-refractivity contribution in [2.24, 2.45) is 0 Å². The molecule has 0 radical (unpaired) electrons. The highest BCUT2D eigenvalue weighted by Gasteiger charge is 2.58. The summed E-state index contributed by atoms with van der Waals surface area (Å²) in [5, 5.41) is 142. The second-order valence-corrected chi connectivity index (χ2v) is 11.2. The summed E-state index contributed by atoms with van der Waals surface area (Å²) in [6.07, 6.45) is -31.6. The average molecular weight is 667 g/mol. The van der Waals surface area contributed by atoms with Gasteiger partial charge >= 0.3 is 0 Å². The van der Waals surface area contributed by atoms with Gasteiger partial charge in [0.2, 0.25) is 5.79 Å². The minimum absolute atomic E-state index is 0.784. The van der Waals surface area contributed by atoms with E-state index >= 15 is 0 Å². The molecule has 14 N–H and O–H groups in total.